The molecule has 0 aliphatic carbocycles. The molecule has 0 aliphatic rings. The van der Waals surface area contributed by atoms with Crippen LogP contribution in [0.2, 0.25) is 0 Å². The maximum Gasteiger partial charge on any atom is 0.276 e. The largest absolute Gasteiger partial charge is 0.399 e. The molecular formula is C12H13N3O2. The molecule has 5 heteroatoms. The standard InChI is InChI=1S/C12H13N3O2/c1-15(12(16)11-6-7-17-14-11)8-9-2-4-10(13)5-3-9/h2-7H,8,13H2,1H3. The molecular weight excluding hydrogens is 218 g/mol. The molecule has 0 saturated heterocycles. The van der Waals surface area contributed by atoms with Crippen LogP contribution in [0.1, 0.15) is 16.1 Å². The average Bonchev–Trinajstić information content (AvgIpc) is 2.84. The molecule has 2 N–H and O–H groups in total. The van der Waals surface area contributed by atoms with E-state index in [-0.39, 0.29) is 5.91 Å². The quantitative estimate of drug-likeness (QED) is 0.813. The minimum atomic E-state index is -0.171. The summed E-state index contributed by atoms with van der Waals surface area (Å²) in [6, 6.07) is 8.94. The first-order valence-electron chi connectivity index (χ1n) is 5.17. The van der Waals surface area contributed by atoms with E-state index < -0.39 is 0 Å². The monoisotopic (exact) mass is 231 g/mol. The number of nitrogens with zero attached hydrogens (tertiary/aromatic N) is 2. The lowest BCUT2D eigenvalue weighted by atomic mass is 10.2. The van der Waals surface area contributed by atoms with Crippen LogP contribution in [0.15, 0.2) is 41.1 Å². The molecule has 0 bridgehead atoms. The number of hydrogen-bond acceptors (Lipinski definition) is 4. The summed E-state index contributed by atoms with van der Waals surface area (Å²) in [7, 11) is 1.72. The first-order chi connectivity index (χ1) is 8.16. The van der Waals surface area contributed by atoms with Crippen LogP contribution < -0.4 is 5.73 Å². The highest BCUT2D eigenvalue weighted by Crippen LogP contribution is 2.09. The number of nitrogen functional groups attached to an aromatic ring is 1. The van der Waals surface area contributed by atoms with Crippen LogP contribution in [0.5, 0.6) is 0 Å². The van der Waals surface area contributed by atoms with Crippen LogP contribution in [-0.2, 0) is 6.54 Å². The Bertz CT molecular complexity index is 491. The van der Waals surface area contributed by atoms with Crippen LogP contribution in [0.4, 0.5) is 5.69 Å². The fourth-order valence-corrected chi connectivity index (χ4v) is 1.49. The van der Waals surface area contributed by atoms with Crippen molar-refractivity contribution in [2.24, 2.45) is 0 Å². The maximum atomic E-state index is 11.9. The van der Waals surface area contributed by atoms with E-state index in [1.807, 2.05) is 24.3 Å². The van der Waals surface area contributed by atoms with Crippen molar-refractivity contribution in [3.8, 4) is 0 Å². The second kappa shape index (κ2) is 4.69. The summed E-state index contributed by atoms with van der Waals surface area (Å²) in [6.45, 7) is 0.506. The van der Waals surface area contributed by atoms with Gasteiger partial charge in [-0.3, -0.25) is 4.79 Å². The Labute approximate surface area is 98.8 Å². The lowest BCUT2D eigenvalue weighted by molar-refractivity contribution is 0.0775. The molecule has 0 unspecified atom stereocenters. The minimum absolute atomic E-state index is 0.171. The molecule has 17 heavy (non-hydrogen) atoms. The summed E-state index contributed by atoms with van der Waals surface area (Å²) in [5, 5.41) is 3.61. The fourth-order valence-electron chi connectivity index (χ4n) is 1.49. The van der Waals surface area contributed by atoms with E-state index in [0.29, 0.717) is 17.9 Å². The number of carbonyl (C=O) groups excluding carboxylic acids is 1. The van der Waals surface area contributed by atoms with Crippen molar-refractivity contribution < 1.29 is 9.32 Å². The summed E-state index contributed by atoms with van der Waals surface area (Å²) in [6.07, 6.45) is 1.38. The summed E-state index contributed by atoms with van der Waals surface area (Å²) >= 11 is 0. The molecule has 0 atom stereocenters. The van der Waals surface area contributed by atoms with Crippen molar-refractivity contribution >= 4 is 11.6 Å². The van der Waals surface area contributed by atoms with Crippen LogP contribution >= 0.6 is 0 Å². The molecule has 2 aromatic rings. The van der Waals surface area contributed by atoms with Gasteiger partial charge in [0.25, 0.3) is 5.91 Å². The van der Waals surface area contributed by atoms with Crippen molar-refractivity contribution in [3.63, 3.8) is 0 Å². The third-order valence-corrected chi connectivity index (χ3v) is 2.40. The van der Waals surface area contributed by atoms with E-state index in [1.165, 1.54) is 6.26 Å². The van der Waals surface area contributed by atoms with Gasteiger partial charge >= 0.3 is 0 Å². The highest BCUT2D eigenvalue weighted by atomic mass is 16.5. The Balaban J connectivity index is 2.04. The Hall–Kier alpha value is -2.30. The van der Waals surface area contributed by atoms with Crippen molar-refractivity contribution in [1.29, 1.82) is 0 Å². The SMILES string of the molecule is CN(Cc1ccc(N)cc1)C(=O)c1ccon1. The Morgan fingerprint density at radius 2 is 2.06 bits per heavy atom. The number of anilines is 1. The number of aromatic nitrogens is 1. The predicted octanol–water partition coefficient (Wildman–Crippen LogP) is 1.53. The second-order valence-electron chi connectivity index (χ2n) is 3.79. The van der Waals surface area contributed by atoms with Gasteiger partial charge in [0.2, 0.25) is 0 Å². The van der Waals surface area contributed by atoms with Gasteiger partial charge in [-0.25, -0.2) is 0 Å². The van der Waals surface area contributed by atoms with Crippen LogP contribution in [0.25, 0.3) is 0 Å². The van der Waals surface area contributed by atoms with Crippen molar-refractivity contribution in [1.82, 2.24) is 10.1 Å². The summed E-state index contributed by atoms with van der Waals surface area (Å²) in [5.41, 5.74) is 7.62. The predicted molar refractivity (Wildman–Crippen MR) is 63.2 cm³/mol. The van der Waals surface area contributed by atoms with Gasteiger partial charge in [-0.1, -0.05) is 17.3 Å². The lowest BCUT2D eigenvalue weighted by Crippen LogP contribution is -2.26. The number of benzene rings is 1. The Kier molecular flexibility index (Phi) is 3.09. The van der Waals surface area contributed by atoms with Crippen molar-refractivity contribution in [2.75, 3.05) is 12.8 Å². The molecule has 2 rings (SSSR count). The average molecular weight is 231 g/mol. The molecule has 1 aromatic carbocycles. The van der Waals surface area contributed by atoms with Gasteiger partial charge < -0.3 is 15.2 Å². The molecule has 1 heterocycles. The van der Waals surface area contributed by atoms with E-state index in [0.717, 1.165) is 5.56 Å². The number of rotatable bonds is 3. The Morgan fingerprint density at radius 1 is 1.35 bits per heavy atom. The normalized spacial score (nSPS) is 10.2. The van der Waals surface area contributed by atoms with Gasteiger partial charge in [0.15, 0.2) is 5.69 Å². The lowest BCUT2D eigenvalue weighted by Gasteiger charge is -2.15. The van der Waals surface area contributed by atoms with E-state index in [4.69, 9.17) is 5.73 Å². The summed E-state index contributed by atoms with van der Waals surface area (Å²) in [5.74, 6) is -0.171. The first kappa shape index (κ1) is 11.2. The molecule has 0 radical (unpaired) electrons. The molecule has 0 aliphatic heterocycles. The van der Waals surface area contributed by atoms with Crippen molar-refractivity contribution in [2.45, 2.75) is 6.54 Å². The highest BCUT2D eigenvalue weighted by Gasteiger charge is 2.14. The van der Waals surface area contributed by atoms with E-state index in [9.17, 15) is 4.79 Å². The third-order valence-electron chi connectivity index (χ3n) is 2.40. The van der Waals surface area contributed by atoms with Crippen LogP contribution in [-0.4, -0.2) is 23.0 Å². The molecule has 88 valence electrons. The van der Waals surface area contributed by atoms with E-state index in [1.54, 1.807) is 18.0 Å². The van der Waals surface area contributed by atoms with E-state index in [2.05, 4.69) is 9.68 Å². The smallest absolute Gasteiger partial charge is 0.276 e. The van der Waals surface area contributed by atoms with E-state index >= 15 is 0 Å². The van der Waals surface area contributed by atoms with Crippen LogP contribution in [0.3, 0.4) is 0 Å². The van der Waals surface area contributed by atoms with Gasteiger partial charge in [-0.15, -0.1) is 0 Å². The van der Waals surface area contributed by atoms with Crippen LogP contribution in [0, 0.1) is 0 Å². The zero-order valence-electron chi connectivity index (χ0n) is 9.46. The first-order valence-corrected chi connectivity index (χ1v) is 5.17. The summed E-state index contributed by atoms with van der Waals surface area (Å²) < 4.78 is 4.64. The summed E-state index contributed by atoms with van der Waals surface area (Å²) in [4.78, 5) is 13.4. The van der Waals surface area contributed by atoms with Gasteiger partial charge in [0, 0.05) is 25.3 Å². The zero-order chi connectivity index (χ0) is 12.3. The minimum Gasteiger partial charge on any atom is -0.399 e. The third kappa shape index (κ3) is 2.63. The van der Waals surface area contributed by atoms with Gasteiger partial charge in [-0.05, 0) is 17.7 Å². The molecule has 0 fully saturated rings. The molecule has 0 saturated carbocycles. The second-order valence-corrected chi connectivity index (χ2v) is 3.79. The topological polar surface area (TPSA) is 72.4 Å². The molecule has 0 spiro atoms. The highest BCUT2D eigenvalue weighted by molar-refractivity contribution is 5.91. The molecule has 1 amide bonds. The number of hydrogen-bond donors (Lipinski definition) is 1. The van der Waals surface area contributed by atoms with Gasteiger partial charge in [0.05, 0.1) is 0 Å². The number of amides is 1. The fraction of sp³-hybridized carbons (Fsp3) is 0.167. The molecule has 5 nitrogen and oxygen atoms in total. The van der Waals surface area contributed by atoms with Crippen molar-refractivity contribution in [3.05, 3.63) is 47.9 Å². The maximum absolute atomic E-state index is 11.9. The number of nitrogens with two attached hydrogens (primary N) is 1. The van der Waals surface area contributed by atoms with Gasteiger partial charge in [-0.2, -0.15) is 0 Å². The Morgan fingerprint density at radius 3 is 2.65 bits per heavy atom. The molecule has 1 aromatic heterocycles. The number of carbonyl (C=O) groups is 1. The van der Waals surface area contributed by atoms with Gasteiger partial charge in [0.1, 0.15) is 6.26 Å². The zero-order valence-corrected chi connectivity index (χ0v) is 9.46.